The zero-order valence-corrected chi connectivity index (χ0v) is 18.6. The fourth-order valence-electron chi connectivity index (χ4n) is 4.09. The molecule has 32 heavy (non-hydrogen) atoms. The molecule has 2 aliphatic carbocycles. The summed E-state index contributed by atoms with van der Waals surface area (Å²) in [5.74, 6) is 0. The van der Waals surface area contributed by atoms with E-state index in [1.807, 2.05) is 24.3 Å². The van der Waals surface area contributed by atoms with Crippen molar-refractivity contribution < 1.29 is 29.3 Å². The number of fused-ring (bicyclic) bond motifs is 2. The van der Waals surface area contributed by atoms with Crippen molar-refractivity contribution in [2.75, 3.05) is 0 Å². The van der Waals surface area contributed by atoms with E-state index in [0.717, 1.165) is 11.1 Å². The Balaban J connectivity index is 0.000000181. The molecule has 0 heterocycles. The van der Waals surface area contributed by atoms with Gasteiger partial charge in [0.2, 0.25) is 0 Å². The summed E-state index contributed by atoms with van der Waals surface area (Å²) in [6, 6.07) is 10.9. The van der Waals surface area contributed by atoms with Crippen LogP contribution in [0.2, 0.25) is 10.0 Å². The van der Waals surface area contributed by atoms with Crippen LogP contribution in [0.1, 0.15) is 47.3 Å². The van der Waals surface area contributed by atoms with Crippen molar-refractivity contribution in [2.24, 2.45) is 11.5 Å². The van der Waals surface area contributed by atoms with E-state index < -0.39 is 36.6 Å². The highest BCUT2D eigenvalue weighted by molar-refractivity contribution is 6.31. The second-order valence-electron chi connectivity index (χ2n) is 7.54. The van der Waals surface area contributed by atoms with Gasteiger partial charge in [0.15, 0.2) is 0 Å². The van der Waals surface area contributed by atoms with Gasteiger partial charge in [-0.15, -0.1) is 0 Å². The van der Waals surface area contributed by atoms with Crippen LogP contribution in [0.15, 0.2) is 36.4 Å². The van der Waals surface area contributed by atoms with Crippen LogP contribution in [0.3, 0.4) is 0 Å². The molecule has 4 atom stereocenters. The van der Waals surface area contributed by atoms with Crippen molar-refractivity contribution in [2.45, 2.75) is 50.1 Å². The van der Waals surface area contributed by atoms with E-state index >= 15 is 0 Å². The van der Waals surface area contributed by atoms with Gasteiger partial charge in [-0.05, 0) is 48.9 Å². The van der Waals surface area contributed by atoms with Crippen LogP contribution in [0.4, 0.5) is 9.59 Å². The summed E-state index contributed by atoms with van der Waals surface area (Å²) in [5, 5.41) is 21.0. The first-order valence-corrected chi connectivity index (χ1v) is 10.8. The van der Waals surface area contributed by atoms with Crippen molar-refractivity contribution in [3.63, 3.8) is 0 Å². The van der Waals surface area contributed by atoms with Crippen molar-refractivity contribution in [3.8, 4) is 0 Å². The molecule has 2 aliphatic rings. The van der Waals surface area contributed by atoms with Gasteiger partial charge in [-0.3, -0.25) is 0 Å². The standard InChI is InChI=1S/2C11H12ClNO3/c2*12-7-3-1-2-6-4-5-8(16-11(13)15)10(14)9(6)7/h2*1-3,8,10,14H,4-5H2,(H2,13,15)/t2*8-,10-/m10/s1. The maximum Gasteiger partial charge on any atom is 0.404 e. The van der Waals surface area contributed by atoms with E-state index in [-0.39, 0.29) is 0 Å². The van der Waals surface area contributed by atoms with Crippen LogP contribution in [-0.2, 0) is 22.3 Å². The minimum Gasteiger partial charge on any atom is -0.443 e. The third-order valence-corrected chi connectivity index (χ3v) is 6.17. The summed E-state index contributed by atoms with van der Waals surface area (Å²) < 4.78 is 9.69. The Morgan fingerprint density at radius 2 is 1.16 bits per heavy atom. The first-order valence-electron chi connectivity index (χ1n) is 10.0. The maximum absolute atomic E-state index is 10.7. The predicted octanol–water partition coefficient (Wildman–Crippen LogP) is 3.57. The molecule has 10 heteroatoms. The smallest absolute Gasteiger partial charge is 0.404 e. The Hall–Kier alpha value is -2.52. The summed E-state index contributed by atoms with van der Waals surface area (Å²) in [4.78, 5) is 21.3. The number of rotatable bonds is 2. The van der Waals surface area contributed by atoms with E-state index in [9.17, 15) is 19.8 Å². The molecule has 0 radical (unpaired) electrons. The minimum atomic E-state index is -0.898. The molecule has 2 aromatic rings. The number of benzene rings is 2. The van der Waals surface area contributed by atoms with Crippen LogP contribution in [0.5, 0.6) is 0 Å². The topological polar surface area (TPSA) is 145 Å². The average Bonchev–Trinajstić information content (AvgIpc) is 2.72. The number of carbonyl (C=O) groups is 2. The SMILES string of the molecule is NC(=O)O[C@@H]1CCc2cccc(Cl)c2[C@@H]1O.NC(=O)O[C@H]1CCc2cccc(Cl)c2[C@H]1O. The molecule has 0 aromatic heterocycles. The summed E-state index contributed by atoms with van der Waals surface area (Å²) in [5.41, 5.74) is 13.1. The highest BCUT2D eigenvalue weighted by Gasteiger charge is 2.33. The Labute approximate surface area is 195 Å². The summed E-state index contributed by atoms with van der Waals surface area (Å²) >= 11 is 12.0. The molecular formula is C22H24Cl2N2O6. The largest absolute Gasteiger partial charge is 0.443 e. The van der Waals surface area contributed by atoms with E-state index in [1.165, 1.54) is 0 Å². The first-order chi connectivity index (χ1) is 15.2. The Morgan fingerprint density at radius 3 is 1.50 bits per heavy atom. The lowest BCUT2D eigenvalue weighted by Crippen LogP contribution is -2.32. The first kappa shape index (κ1) is 24.1. The number of carbonyl (C=O) groups excluding carboxylic acids is 2. The summed E-state index contributed by atoms with van der Waals surface area (Å²) in [6.45, 7) is 0. The highest BCUT2D eigenvalue weighted by atomic mass is 35.5. The summed E-state index contributed by atoms with van der Waals surface area (Å²) in [6.07, 6.45) is -2.23. The Bertz CT molecular complexity index is 923. The molecule has 0 aliphatic heterocycles. The average molecular weight is 483 g/mol. The van der Waals surface area contributed by atoms with Gasteiger partial charge >= 0.3 is 12.2 Å². The lowest BCUT2D eigenvalue weighted by Gasteiger charge is -2.29. The van der Waals surface area contributed by atoms with Crippen LogP contribution in [0, 0.1) is 0 Å². The summed E-state index contributed by atoms with van der Waals surface area (Å²) in [7, 11) is 0. The van der Waals surface area contributed by atoms with Crippen LogP contribution >= 0.6 is 23.2 Å². The molecule has 4 rings (SSSR count). The second-order valence-corrected chi connectivity index (χ2v) is 8.36. The fourth-order valence-corrected chi connectivity index (χ4v) is 4.70. The number of nitrogens with two attached hydrogens (primary N) is 2. The van der Waals surface area contributed by atoms with Gasteiger partial charge < -0.3 is 31.2 Å². The lowest BCUT2D eigenvalue weighted by molar-refractivity contribution is -0.00522. The van der Waals surface area contributed by atoms with Crippen LogP contribution in [0.25, 0.3) is 0 Å². The van der Waals surface area contributed by atoms with Gasteiger partial charge in [0.25, 0.3) is 0 Å². The molecule has 172 valence electrons. The third-order valence-electron chi connectivity index (χ3n) is 5.51. The molecule has 0 fully saturated rings. The zero-order chi connectivity index (χ0) is 23.4. The number of hydrogen-bond donors (Lipinski definition) is 4. The highest BCUT2D eigenvalue weighted by Crippen LogP contribution is 2.37. The monoisotopic (exact) mass is 482 g/mol. The molecule has 8 nitrogen and oxygen atoms in total. The number of halogens is 2. The van der Waals surface area contributed by atoms with Crippen molar-refractivity contribution in [1.29, 1.82) is 0 Å². The second kappa shape index (κ2) is 10.4. The third kappa shape index (κ3) is 5.45. The molecule has 0 unspecified atom stereocenters. The molecule has 2 aromatic carbocycles. The molecule has 0 spiro atoms. The molecule has 0 saturated heterocycles. The normalized spacial score (nSPS) is 23.6. The van der Waals surface area contributed by atoms with E-state index in [1.54, 1.807) is 12.1 Å². The van der Waals surface area contributed by atoms with E-state index in [0.29, 0.717) is 46.9 Å². The fraction of sp³-hybridized carbons (Fsp3) is 0.364. The number of aliphatic hydroxyl groups is 2. The van der Waals surface area contributed by atoms with E-state index in [4.69, 9.17) is 44.1 Å². The van der Waals surface area contributed by atoms with Crippen LogP contribution in [-0.4, -0.2) is 34.6 Å². The van der Waals surface area contributed by atoms with Gasteiger partial charge in [-0.25, -0.2) is 9.59 Å². The number of amides is 2. The maximum atomic E-state index is 10.7. The lowest BCUT2D eigenvalue weighted by atomic mass is 9.87. The number of ether oxygens (including phenoxy) is 2. The van der Waals surface area contributed by atoms with Gasteiger partial charge in [0, 0.05) is 21.2 Å². The molecule has 0 saturated carbocycles. The van der Waals surface area contributed by atoms with Gasteiger partial charge in [-0.2, -0.15) is 0 Å². The number of aryl methyl sites for hydroxylation is 2. The van der Waals surface area contributed by atoms with Crippen molar-refractivity contribution in [3.05, 3.63) is 68.7 Å². The zero-order valence-electron chi connectivity index (χ0n) is 17.0. The van der Waals surface area contributed by atoms with Gasteiger partial charge in [-0.1, -0.05) is 47.5 Å². The molecular weight excluding hydrogens is 459 g/mol. The van der Waals surface area contributed by atoms with Crippen molar-refractivity contribution in [1.82, 2.24) is 0 Å². The predicted molar refractivity (Wildman–Crippen MR) is 118 cm³/mol. The minimum absolute atomic E-state index is 0.489. The number of hydrogen-bond acceptors (Lipinski definition) is 6. The quantitative estimate of drug-likeness (QED) is 0.514. The number of aliphatic hydroxyl groups excluding tert-OH is 2. The Morgan fingerprint density at radius 1 is 0.781 bits per heavy atom. The van der Waals surface area contributed by atoms with E-state index in [2.05, 4.69) is 0 Å². The molecule has 6 N–H and O–H groups in total. The Kier molecular flexibility index (Phi) is 7.84. The molecule has 2 amide bonds. The van der Waals surface area contributed by atoms with Crippen molar-refractivity contribution >= 4 is 35.4 Å². The van der Waals surface area contributed by atoms with Gasteiger partial charge in [0.1, 0.15) is 24.4 Å². The van der Waals surface area contributed by atoms with Crippen LogP contribution < -0.4 is 11.5 Å². The molecule has 0 bridgehead atoms. The number of primary amides is 2. The van der Waals surface area contributed by atoms with Gasteiger partial charge in [0.05, 0.1) is 0 Å².